The van der Waals surface area contributed by atoms with Crippen LogP contribution in [0.15, 0.2) is 79.4 Å². The van der Waals surface area contributed by atoms with Gasteiger partial charge in [0.2, 0.25) is 0 Å². The number of fused-ring (bicyclic) bond motifs is 1. The van der Waals surface area contributed by atoms with Crippen molar-refractivity contribution < 1.29 is 4.79 Å². The summed E-state index contributed by atoms with van der Waals surface area (Å²) in [4.78, 5) is 23.3. The van der Waals surface area contributed by atoms with Crippen LogP contribution >= 0.6 is 11.6 Å². The first-order valence-electron chi connectivity index (χ1n) is 9.57. The third-order valence-electron chi connectivity index (χ3n) is 5.13. The Labute approximate surface area is 183 Å². The van der Waals surface area contributed by atoms with Crippen molar-refractivity contribution in [1.82, 2.24) is 24.6 Å². The van der Waals surface area contributed by atoms with Crippen LogP contribution in [0.25, 0.3) is 28.2 Å². The SMILES string of the molecule is CN(C(=O)c1cn2c(-c3ccc(-c4ccn[nH]4)cc3)cnc2cn1)c1ccc(Cl)cc1. The molecule has 0 aliphatic carbocycles. The number of imidazole rings is 1. The van der Waals surface area contributed by atoms with Crippen LogP contribution in [0.5, 0.6) is 0 Å². The minimum Gasteiger partial charge on any atom is -0.310 e. The van der Waals surface area contributed by atoms with Gasteiger partial charge in [0.1, 0.15) is 5.69 Å². The monoisotopic (exact) mass is 428 g/mol. The summed E-state index contributed by atoms with van der Waals surface area (Å²) >= 11 is 5.95. The van der Waals surface area contributed by atoms with Crippen molar-refractivity contribution in [3.63, 3.8) is 0 Å². The Kier molecular flexibility index (Phi) is 4.72. The van der Waals surface area contributed by atoms with Crippen LogP contribution in [0, 0.1) is 0 Å². The number of H-pyrrole nitrogens is 1. The maximum absolute atomic E-state index is 13.0. The third kappa shape index (κ3) is 3.55. The molecule has 31 heavy (non-hydrogen) atoms. The zero-order valence-electron chi connectivity index (χ0n) is 16.5. The molecule has 8 heteroatoms. The Hall–Kier alpha value is -3.97. The second-order valence-corrected chi connectivity index (χ2v) is 7.47. The number of anilines is 1. The van der Waals surface area contributed by atoms with Gasteiger partial charge in [-0.1, -0.05) is 35.9 Å². The fourth-order valence-corrected chi connectivity index (χ4v) is 3.53. The number of nitrogens with zero attached hydrogens (tertiary/aromatic N) is 5. The summed E-state index contributed by atoms with van der Waals surface area (Å²) < 4.78 is 1.88. The number of aromatic amines is 1. The first-order chi connectivity index (χ1) is 15.1. The molecule has 5 aromatic rings. The van der Waals surface area contributed by atoms with E-state index in [1.165, 1.54) is 0 Å². The van der Waals surface area contributed by atoms with Crippen LogP contribution in [0.4, 0.5) is 5.69 Å². The third-order valence-corrected chi connectivity index (χ3v) is 5.38. The minimum absolute atomic E-state index is 0.224. The molecule has 0 spiro atoms. The van der Waals surface area contributed by atoms with Crippen LogP contribution in [0.2, 0.25) is 5.02 Å². The standard InChI is InChI=1S/C23H17ClN6O/c1-29(18-8-6-17(24)7-9-18)23(31)20-14-30-21(12-26-22(30)13-25-20)16-4-2-15(3-5-16)19-10-11-27-28-19/h2-14H,1H3,(H,27,28). The Balaban J connectivity index is 1.48. The summed E-state index contributed by atoms with van der Waals surface area (Å²) in [5, 5.41) is 7.57. The maximum atomic E-state index is 13.0. The zero-order chi connectivity index (χ0) is 21.4. The molecule has 0 atom stereocenters. The van der Waals surface area contributed by atoms with Gasteiger partial charge in [0.15, 0.2) is 5.65 Å². The highest BCUT2D eigenvalue weighted by molar-refractivity contribution is 6.30. The van der Waals surface area contributed by atoms with E-state index in [2.05, 4.69) is 20.2 Å². The molecule has 0 aliphatic heterocycles. The summed E-state index contributed by atoms with van der Waals surface area (Å²) in [6.07, 6.45) is 6.82. The molecule has 1 N–H and O–H groups in total. The molecule has 0 saturated carbocycles. The van der Waals surface area contributed by atoms with Gasteiger partial charge in [-0.2, -0.15) is 5.10 Å². The molecule has 3 heterocycles. The van der Waals surface area contributed by atoms with E-state index in [9.17, 15) is 4.79 Å². The average Bonchev–Trinajstić information content (AvgIpc) is 3.49. The Morgan fingerprint density at radius 3 is 2.42 bits per heavy atom. The van der Waals surface area contributed by atoms with Crippen molar-refractivity contribution in [3.05, 3.63) is 90.1 Å². The highest BCUT2D eigenvalue weighted by atomic mass is 35.5. The molecule has 0 fully saturated rings. The van der Waals surface area contributed by atoms with Crippen LogP contribution in [0.3, 0.4) is 0 Å². The van der Waals surface area contributed by atoms with Gasteiger partial charge in [-0.25, -0.2) is 9.97 Å². The number of nitrogens with one attached hydrogen (secondary N) is 1. The first-order valence-corrected chi connectivity index (χ1v) is 9.95. The van der Waals surface area contributed by atoms with Gasteiger partial charge >= 0.3 is 0 Å². The largest absolute Gasteiger partial charge is 0.310 e. The highest BCUT2D eigenvalue weighted by Gasteiger charge is 2.17. The number of aromatic nitrogens is 5. The molecular weight excluding hydrogens is 412 g/mol. The molecule has 152 valence electrons. The summed E-state index contributed by atoms with van der Waals surface area (Å²) in [6, 6.07) is 17.1. The quantitative estimate of drug-likeness (QED) is 0.449. The lowest BCUT2D eigenvalue weighted by atomic mass is 10.1. The molecule has 0 bridgehead atoms. The summed E-state index contributed by atoms with van der Waals surface area (Å²) in [5.41, 5.74) is 5.56. The number of benzene rings is 2. The predicted molar refractivity (Wildman–Crippen MR) is 120 cm³/mol. The zero-order valence-corrected chi connectivity index (χ0v) is 17.3. The minimum atomic E-state index is -0.224. The van der Waals surface area contributed by atoms with Crippen molar-refractivity contribution in [3.8, 4) is 22.5 Å². The maximum Gasteiger partial charge on any atom is 0.278 e. The number of carbonyl (C=O) groups excluding carboxylic acids is 1. The van der Waals surface area contributed by atoms with Crippen LogP contribution in [0.1, 0.15) is 10.5 Å². The van der Waals surface area contributed by atoms with E-state index >= 15 is 0 Å². The molecular formula is C23H17ClN6O. The molecule has 2 aromatic carbocycles. The molecule has 0 radical (unpaired) electrons. The lowest BCUT2D eigenvalue weighted by Crippen LogP contribution is -2.27. The number of rotatable bonds is 4. The number of carbonyl (C=O) groups is 1. The summed E-state index contributed by atoms with van der Waals surface area (Å²) in [5.74, 6) is -0.224. The fraction of sp³-hybridized carbons (Fsp3) is 0.0435. The highest BCUT2D eigenvalue weighted by Crippen LogP contribution is 2.25. The van der Waals surface area contributed by atoms with Gasteiger partial charge in [0, 0.05) is 35.7 Å². The van der Waals surface area contributed by atoms with Gasteiger partial charge in [-0.05, 0) is 35.9 Å². The first kappa shape index (κ1) is 19.0. The van der Waals surface area contributed by atoms with Crippen molar-refractivity contribution in [2.45, 2.75) is 0 Å². The smallest absolute Gasteiger partial charge is 0.278 e. The van der Waals surface area contributed by atoms with E-state index in [0.717, 1.165) is 28.2 Å². The van der Waals surface area contributed by atoms with E-state index in [4.69, 9.17) is 11.6 Å². The molecule has 3 aromatic heterocycles. The molecule has 5 rings (SSSR count). The number of halogens is 1. The van der Waals surface area contributed by atoms with E-state index in [-0.39, 0.29) is 5.91 Å². The molecule has 0 aliphatic rings. The van der Waals surface area contributed by atoms with Gasteiger partial charge in [-0.3, -0.25) is 14.3 Å². The van der Waals surface area contributed by atoms with Crippen molar-refractivity contribution in [2.75, 3.05) is 11.9 Å². The average molecular weight is 429 g/mol. The molecule has 7 nitrogen and oxygen atoms in total. The van der Waals surface area contributed by atoms with E-state index in [0.29, 0.717) is 16.4 Å². The van der Waals surface area contributed by atoms with Crippen LogP contribution < -0.4 is 4.90 Å². The second kappa shape index (κ2) is 7.70. The van der Waals surface area contributed by atoms with E-state index < -0.39 is 0 Å². The lowest BCUT2D eigenvalue weighted by molar-refractivity contribution is 0.0988. The second-order valence-electron chi connectivity index (χ2n) is 7.03. The fourth-order valence-electron chi connectivity index (χ4n) is 3.40. The number of hydrogen-bond donors (Lipinski definition) is 1. The van der Waals surface area contributed by atoms with Crippen molar-refractivity contribution in [1.29, 1.82) is 0 Å². The van der Waals surface area contributed by atoms with Gasteiger partial charge in [0.25, 0.3) is 5.91 Å². The van der Waals surface area contributed by atoms with Gasteiger partial charge < -0.3 is 4.90 Å². The van der Waals surface area contributed by atoms with E-state index in [1.807, 2.05) is 34.7 Å². The topological polar surface area (TPSA) is 79.2 Å². The molecule has 0 unspecified atom stereocenters. The number of amides is 1. The molecule has 1 amide bonds. The normalized spacial score (nSPS) is 11.0. The van der Waals surface area contributed by atoms with E-state index in [1.54, 1.807) is 61.0 Å². The number of hydrogen-bond acceptors (Lipinski definition) is 4. The van der Waals surface area contributed by atoms with Crippen molar-refractivity contribution in [2.24, 2.45) is 0 Å². The summed E-state index contributed by atoms with van der Waals surface area (Å²) in [7, 11) is 1.71. The Morgan fingerprint density at radius 2 is 1.71 bits per heavy atom. The van der Waals surface area contributed by atoms with Crippen LogP contribution in [-0.2, 0) is 0 Å². The lowest BCUT2D eigenvalue weighted by Gasteiger charge is -2.17. The van der Waals surface area contributed by atoms with Gasteiger partial charge in [0.05, 0.1) is 23.8 Å². The van der Waals surface area contributed by atoms with Crippen molar-refractivity contribution >= 4 is 28.8 Å². The van der Waals surface area contributed by atoms with Crippen LogP contribution in [-0.4, -0.2) is 37.5 Å². The molecule has 0 saturated heterocycles. The Bertz CT molecular complexity index is 1360. The predicted octanol–water partition coefficient (Wildman–Crippen LogP) is 4.72. The van der Waals surface area contributed by atoms with Gasteiger partial charge in [-0.15, -0.1) is 0 Å². The Morgan fingerprint density at radius 1 is 0.968 bits per heavy atom. The summed E-state index contributed by atoms with van der Waals surface area (Å²) in [6.45, 7) is 0.